The van der Waals surface area contributed by atoms with E-state index in [0.29, 0.717) is 11.5 Å². The predicted molar refractivity (Wildman–Crippen MR) is 161 cm³/mol. The molecule has 2 aromatic carbocycles. The van der Waals surface area contributed by atoms with Gasteiger partial charge in [0.1, 0.15) is 26.4 Å². The first-order valence-electron chi connectivity index (χ1n) is 12.8. The summed E-state index contributed by atoms with van der Waals surface area (Å²) < 4.78 is 45.6. The van der Waals surface area contributed by atoms with Crippen LogP contribution in [-0.2, 0) is 38.4 Å². The zero-order valence-corrected chi connectivity index (χ0v) is 25.6. The van der Waals surface area contributed by atoms with Gasteiger partial charge in [0, 0.05) is 33.4 Å². The fourth-order valence-corrected chi connectivity index (χ4v) is 5.71. The molecule has 0 aliphatic rings. The topological polar surface area (TPSA) is 163 Å². The fraction of sp³-hybridized carbons (Fsp3) is 0.286. The molecule has 0 aliphatic heterocycles. The number of rotatable bonds is 18. The van der Waals surface area contributed by atoms with Gasteiger partial charge in [0.15, 0.2) is 0 Å². The van der Waals surface area contributed by atoms with Crippen LogP contribution < -0.4 is 10.6 Å². The molecule has 0 saturated carbocycles. The summed E-state index contributed by atoms with van der Waals surface area (Å²) in [6, 6.07) is 12.8. The maximum absolute atomic E-state index is 13.0. The van der Waals surface area contributed by atoms with E-state index >= 15 is 0 Å². The fourth-order valence-electron chi connectivity index (χ4n) is 2.98. The Labute approximate surface area is 258 Å². The summed E-state index contributed by atoms with van der Waals surface area (Å²) in [7, 11) is -3.73. The minimum absolute atomic E-state index is 0.00500. The number of alkyl carbamates (subject to hydrolysis) is 2. The van der Waals surface area contributed by atoms with E-state index in [1.807, 2.05) is 0 Å². The lowest BCUT2D eigenvalue weighted by Crippen LogP contribution is -2.29. The summed E-state index contributed by atoms with van der Waals surface area (Å²) in [6.07, 6.45) is 0.776. The Kier molecular flexibility index (Phi) is 15.8. The summed E-state index contributed by atoms with van der Waals surface area (Å²) in [6.45, 7) is 7.02. The van der Waals surface area contributed by atoms with Crippen LogP contribution in [0.15, 0.2) is 93.4 Å². The van der Waals surface area contributed by atoms with Crippen LogP contribution in [0.25, 0.3) is 0 Å². The second kappa shape index (κ2) is 19.3. The van der Waals surface area contributed by atoms with Crippen molar-refractivity contribution in [1.82, 2.24) is 10.6 Å². The van der Waals surface area contributed by atoms with Gasteiger partial charge in [-0.3, -0.25) is 0 Å². The van der Waals surface area contributed by atoms with Crippen molar-refractivity contribution in [3.8, 4) is 0 Å². The van der Waals surface area contributed by atoms with Crippen molar-refractivity contribution in [2.45, 2.75) is 19.6 Å². The van der Waals surface area contributed by atoms with Crippen molar-refractivity contribution < 1.29 is 46.5 Å². The van der Waals surface area contributed by atoms with Crippen LogP contribution in [0.4, 0.5) is 9.59 Å². The van der Waals surface area contributed by atoms with Crippen molar-refractivity contribution >= 4 is 57.5 Å². The molecule has 2 amide bonds. The largest absolute Gasteiger partial charge is 0.461 e. The molecule has 0 radical (unpaired) electrons. The number of nitrogens with one attached hydrogen (secondary N) is 2. The maximum Gasteiger partial charge on any atom is 0.407 e. The SMILES string of the molecule is C=CC(=O)OCCNC(=O)OCCSc1ccc(S(=O)(=O)c2ccc(SCCOC(=O)NCCOC(=O)C=C)cc2)cc1. The molecular weight excluding hydrogens is 621 g/mol. The van der Waals surface area contributed by atoms with Gasteiger partial charge in [-0.25, -0.2) is 27.6 Å². The van der Waals surface area contributed by atoms with Crippen LogP contribution in [0.5, 0.6) is 0 Å². The number of carbonyl (C=O) groups excluding carboxylic acids is 4. The molecule has 0 unspecified atom stereocenters. The smallest absolute Gasteiger partial charge is 0.407 e. The standard InChI is InChI=1S/C28H32N2O10S3/c1-3-25(31)37-15-13-29-27(33)39-17-19-41-21-5-9-23(10-6-21)43(35,36)24-11-7-22(8-12-24)42-20-18-40-28(34)30-14-16-38-26(32)4-2/h3-12H,1-2,13-20H2,(H,29,33)(H,30,34). The summed E-state index contributed by atoms with van der Waals surface area (Å²) in [5.74, 6) is -0.253. The second-order valence-corrected chi connectivity index (χ2v) is 12.3. The van der Waals surface area contributed by atoms with E-state index in [2.05, 4.69) is 23.8 Å². The van der Waals surface area contributed by atoms with Crippen LogP contribution >= 0.6 is 23.5 Å². The maximum atomic E-state index is 13.0. The third kappa shape index (κ3) is 13.7. The Morgan fingerprint density at radius 3 is 1.35 bits per heavy atom. The van der Waals surface area contributed by atoms with Crippen LogP contribution in [0, 0.1) is 0 Å². The number of benzene rings is 2. The van der Waals surface area contributed by atoms with Gasteiger partial charge in [0.25, 0.3) is 0 Å². The van der Waals surface area contributed by atoms with Gasteiger partial charge in [-0.15, -0.1) is 23.5 Å². The highest BCUT2D eigenvalue weighted by molar-refractivity contribution is 7.99. The van der Waals surface area contributed by atoms with Crippen LogP contribution in [-0.4, -0.2) is 83.6 Å². The van der Waals surface area contributed by atoms with E-state index in [4.69, 9.17) is 18.9 Å². The highest BCUT2D eigenvalue weighted by atomic mass is 32.2. The number of ether oxygens (including phenoxy) is 4. The first-order chi connectivity index (χ1) is 20.6. The van der Waals surface area contributed by atoms with Crippen molar-refractivity contribution in [3.05, 3.63) is 73.8 Å². The Morgan fingerprint density at radius 1 is 0.628 bits per heavy atom. The molecule has 232 valence electrons. The molecule has 0 atom stereocenters. The molecule has 2 aromatic rings. The predicted octanol–water partition coefficient (Wildman–Crippen LogP) is 3.61. The van der Waals surface area contributed by atoms with E-state index in [9.17, 15) is 27.6 Å². The molecule has 2 N–H and O–H groups in total. The first kappa shape index (κ1) is 35.2. The molecule has 0 fully saturated rings. The summed E-state index contributed by atoms with van der Waals surface area (Å²) in [4.78, 5) is 47.0. The van der Waals surface area contributed by atoms with Gasteiger partial charge < -0.3 is 29.6 Å². The molecule has 0 bridgehead atoms. The Bertz CT molecular complexity index is 1250. The molecule has 15 heteroatoms. The van der Waals surface area contributed by atoms with Crippen molar-refractivity contribution in [2.24, 2.45) is 0 Å². The lowest BCUT2D eigenvalue weighted by atomic mass is 10.4. The number of thioether (sulfide) groups is 2. The minimum Gasteiger partial charge on any atom is -0.461 e. The molecule has 2 rings (SSSR count). The second-order valence-electron chi connectivity index (χ2n) is 8.01. The summed E-state index contributed by atoms with van der Waals surface area (Å²) in [5.41, 5.74) is 0. The molecule has 0 aromatic heterocycles. The van der Waals surface area contributed by atoms with Gasteiger partial charge in [0.2, 0.25) is 9.84 Å². The van der Waals surface area contributed by atoms with E-state index < -0.39 is 34.0 Å². The number of carbonyl (C=O) groups is 4. The third-order valence-corrected chi connectivity index (χ3v) is 8.74. The van der Waals surface area contributed by atoms with Crippen molar-refractivity contribution in [3.63, 3.8) is 0 Å². The highest BCUT2D eigenvalue weighted by Crippen LogP contribution is 2.26. The van der Waals surface area contributed by atoms with Gasteiger partial charge in [0.05, 0.1) is 22.9 Å². The van der Waals surface area contributed by atoms with Crippen LogP contribution in [0.3, 0.4) is 0 Å². The molecule has 12 nitrogen and oxygen atoms in total. The Balaban J connectivity index is 1.70. The normalized spacial score (nSPS) is 10.6. The number of esters is 2. The van der Waals surface area contributed by atoms with Gasteiger partial charge in [-0.2, -0.15) is 0 Å². The first-order valence-corrected chi connectivity index (χ1v) is 16.2. The quantitative estimate of drug-likeness (QED) is 0.0792. The zero-order valence-electron chi connectivity index (χ0n) is 23.2. The van der Waals surface area contributed by atoms with Crippen LogP contribution in [0.2, 0.25) is 0 Å². The van der Waals surface area contributed by atoms with E-state index in [-0.39, 0.29) is 49.3 Å². The lowest BCUT2D eigenvalue weighted by molar-refractivity contribution is -0.138. The number of hydrogen-bond donors (Lipinski definition) is 2. The van der Waals surface area contributed by atoms with Crippen molar-refractivity contribution in [2.75, 3.05) is 51.0 Å². The van der Waals surface area contributed by atoms with Gasteiger partial charge in [-0.05, 0) is 48.5 Å². The summed E-state index contributed by atoms with van der Waals surface area (Å²) >= 11 is 2.79. The lowest BCUT2D eigenvalue weighted by Gasteiger charge is -2.09. The summed E-state index contributed by atoms with van der Waals surface area (Å²) in [5, 5.41) is 4.90. The van der Waals surface area contributed by atoms with E-state index in [1.54, 1.807) is 24.3 Å². The van der Waals surface area contributed by atoms with Crippen molar-refractivity contribution in [1.29, 1.82) is 0 Å². The average molecular weight is 653 g/mol. The zero-order chi connectivity index (χ0) is 31.5. The van der Waals surface area contributed by atoms with E-state index in [1.165, 1.54) is 47.8 Å². The van der Waals surface area contributed by atoms with Crippen LogP contribution in [0.1, 0.15) is 0 Å². The molecule has 0 aliphatic carbocycles. The number of sulfone groups is 1. The molecule has 0 saturated heterocycles. The van der Waals surface area contributed by atoms with E-state index in [0.717, 1.165) is 21.9 Å². The molecule has 43 heavy (non-hydrogen) atoms. The Morgan fingerprint density at radius 2 is 1.00 bits per heavy atom. The third-order valence-electron chi connectivity index (χ3n) is 5.00. The Hall–Kier alpha value is -3.95. The monoisotopic (exact) mass is 652 g/mol. The molecule has 0 spiro atoms. The molecular formula is C28H32N2O10S3. The van der Waals surface area contributed by atoms with Gasteiger partial charge in [-0.1, -0.05) is 13.2 Å². The number of amides is 2. The molecule has 0 heterocycles. The minimum atomic E-state index is -3.73. The number of hydrogen-bond acceptors (Lipinski definition) is 12. The average Bonchev–Trinajstić information content (AvgIpc) is 3.02. The van der Waals surface area contributed by atoms with Gasteiger partial charge >= 0.3 is 24.1 Å². The highest BCUT2D eigenvalue weighted by Gasteiger charge is 2.17.